The van der Waals surface area contributed by atoms with Crippen LogP contribution in [0.1, 0.15) is 44.0 Å². The molecule has 1 aliphatic rings. The van der Waals surface area contributed by atoms with Gasteiger partial charge in [0, 0.05) is 13.7 Å². The molecule has 0 unspecified atom stereocenters. The maximum atomic E-state index is 9.13. The molecule has 5 heteroatoms. The lowest BCUT2D eigenvalue weighted by molar-refractivity contribution is -0.00152. The summed E-state index contributed by atoms with van der Waals surface area (Å²) in [6, 6.07) is 0. The molecular weight excluding hydrogens is 308 g/mol. The van der Waals surface area contributed by atoms with Crippen molar-refractivity contribution in [3.63, 3.8) is 0 Å². The number of aliphatic hydroxyl groups excluding tert-OH is 1. The zero-order chi connectivity index (χ0) is 13.8. The molecule has 0 bridgehead atoms. The monoisotopic (exact) mass is 330 g/mol. The van der Waals surface area contributed by atoms with Gasteiger partial charge in [-0.25, -0.2) is 0 Å². The number of nitrogens with zero attached hydrogens (tertiary/aromatic N) is 2. The van der Waals surface area contributed by atoms with E-state index in [1.807, 2.05) is 11.7 Å². The van der Waals surface area contributed by atoms with Gasteiger partial charge in [-0.3, -0.25) is 4.68 Å². The Labute approximate surface area is 123 Å². The first-order chi connectivity index (χ1) is 9.15. The van der Waals surface area contributed by atoms with Gasteiger partial charge >= 0.3 is 0 Å². The van der Waals surface area contributed by atoms with Crippen molar-refractivity contribution >= 4 is 15.9 Å². The normalized spacial score (nSPS) is 23.8. The first-order valence-electron chi connectivity index (χ1n) is 7.08. The van der Waals surface area contributed by atoms with Crippen LogP contribution >= 0.6 is 15.9 Å². The van der Waals surface area contributed by atoms with Crippen molar-refractivity contribution in [1.29, 1.82) is 0 Å². The number of aryl methyl sites for hydroxylation is 2. The van der Waals surface area contributed by atoms with Crippen molar-refractivity contribution in [3.8, 4) is 0 Å². The summed E-state index contributed by atoms with van der Waals surface area (Å²) in [6.07, 6.45) is 5.52. The lowest BCUT2D eigenvalue weighted by Crippen LogP contribution is -2.23. The van der Waals surface area contributed by atoms with E-state index < -0.39 is 0 Å². The minimum atomic E-state index is 0.319. The highest BCUT2D eigenvalue weighted by atomic mass is 79.9. The first-order valence-corrected chi connectivity index (χ1v) is 7.87. The van der Waals surface area contributed by atoms with Gasteiger partial charge in [0.15, 0.2) is 0 Å². The molecule has 108 valence electrons. The maximum Gasteiger partial charge on any atom is 0.0900 e. The third kappa shape index (κ3) is 3.58. The molecule has 4 nitrogen and oxygen atoms in total. The molecule has 1 heterocycles. The van der Waals surface area contributed by atoms with Gasteiger partial charge in [0.05, 0.1) is 28.6 Å². The molecule has 1 saturated carbocycles. The second-order valence-electron chi connectivity index (χ2n) is 5.32. The molecule has 19 heavy (non-hydrogen) atoms. The number of hydrogen-bond acceptors (Lipinski definition) is 3. The number of aromatic nitrogens is 2. The van der Waals surface area contributed by atoms with Crippen LogP contribution in [0.2, 0.25) is 0 Å². The minimum Gasteiger partial charge on any atom is -0.396 e. The summed E-state index contributed by atoms with van der Waals surface area (Å²) in [5.41, 5.74) is 2.20. The van der Waals surface area contributed by atoms with E-state index in [1.165, 1.54) is 0 Å². The Morgan fingerprint density at radius 2 is 2.05 bits per heavy atom. The van der Waals surface area contributed by atoms with E-state index in [0.717, 1.165) is 48.0 Å². The van der Waals surface area contributed by atoms with Gasteiger partial charge in [-0.05, 0) is 54.0 Å². The summed E-state index contributed by atoms with van der Waals surface area (Å²) in [4.78, 5) is 0. The predicted octanol–water partition coefficient (Wildman–Crippen LogP) is 2.81. The van der Waals surface area contributed by atoms with Gasteiger partial charge in [0.25, 0.3) is 0 Å². The summed E-state index contributed by atoms with van der Waals surface area (Å²) < 4.78 is 9.00. The molecule has 0 aromatic carbocycles. The molecule has 1 fully saturated rings. The number of aliphatic hydroxyl groups is 1. The Morgan fingerprint density at radius 1 is 1.37 bits per heavy atom. The third-order valence-corrected chi connectivity index (χ3v) is 4.93. The van der Waals surface area contributed by atoms with E-state index in [4.69, 9.17) is 9.84 Å². The second kappa shape index (κ2) is 6.86. The van der Waals surface area contributed by atoms with Gasteiger partial charge in [-0.1, -0.05) is 6.92 Å². The maximum absolute atomic E-state index is 9.13. The minimum absolute atomic E-state index is 0.319. The molecule has 0 amide bonds. The molecule has 1 aromatic rings. The zero-order valence-electron chi connectivity index (χ0n) is 11.7. The quantitative estimate of drug-likeness (QED) is 0.903. The molecule has 1 aromatic heterocycles. The smallest absolute Gasteiger partial charge is 0.0900 e. The molecule has 0 radical (unpaired) electrons. The number of ether oxygens (including phenoxy) is 1. The topological polar surface area (TPSA) is 47.3 Å². The average Bonchev–Trinajstić information content (AvgIpc) is 2.72. The van der Waals surface area contributed by atoms with E-state index >= 15 is 0 Å². The highest BCUT2D eigenvalue weighted by Gasteiger charge is 2.22. The SMILES string of the molecule is CCc1nn(C)c(COC2CCC(CO)CC2)c1Br. The number of rotatable bonds is 5. The second-order valence-corrected chi connectivity index (χ2v) is 6.11. The van der Waals surface area contributed by atoms with E-state index in [1.54, 1.807) is 0 Å². The van der Waals surface area contributed by atoms with Crippen LogP contribution in [0.4, 0.5) is 0 Å². The van der Waals surface area contributed by atoms with Crippen molar-refractivity contribution in [2.75, 3.05) is 6.61 Å². The number of halogens is 1. The van der Waals surface area contributed by atoms with E-state index in [2.05, 4.69) is 28.0 Å². The van der Waals surface area contributed by atoms with Crippen LogP contribution in [0.3, 0.4) is 0 Å². The van der Waals surface area contributed by atoms with Crippen LogP contribution in [0, 0.1) is 5.92 Å². The summed E-state index contributed by atoms with van der Waals surface area (Å²) >= 11 is 3.61. The lowest BCUT2D eigenvalue weighted by Gasteiger charge is -2.27. The zero-order valence-corrected chi connectivity index (χ0v) is 13.3. The van der Waals surface area contributed by atoms with Crippen molar-refractivity contribution < 1.29 is 9.84 Å². The summed E-state index contributed by atoms with van der Waals surface area (Å²) in [7, 11) is 1.96. The Kier molecular flexibility index (Phi) is 5.42. The predicted molar refractivity (Wildman–Crippen MR) is 77.9 cm³/mol. The van der Waals surface area contributed by atoms with Crippen LogP contribution in [0.25, 0.3) is 0 Å². The summed E-state index contributed by atoms with van der Waals surface area (Å²) in [6.45, 7) is 3.03. The van der Waals surface area contributed by atoms with Crippen molar-refractivity contribution in [2.24, 2.45) is 13.0 Å². The van der Waals surface area contributed by atoms with Crippen LogP contribution in [0.5, 0.6) is 0 Å². The highest BCUT2D eigenvalue weighted by molar-refractivity contribution is 9.10. The third-order valence-electron chi connectivity index (χ3n) is 4.01. The fraction of sp³-hybridized carbons (Fsp3) is 0.786. The van der Waals surface area contributed by atoms with Gasteiger partial charge in [0.2, 0.25) is 0 Å². The molecule has 0 aliphatic heterocycles. The van der Waals surface area contributed by atoms with Gasteiger partial charge in [-0.2, -0.15) is 5.10 Å². The highest BCUT2D eigenvalue weighted by Crippen LogP contribution is 2.28. The molecule has 1 N–H and O–H groups in total. The number of hydrogen-bond donors (Lipinski definition) is 1. The van der Waals surface area contributed by atoms with E-state index in [-0.39, 0.29) is 0 Å². The van der Waals surface area contributed by atoms with E-state index in [0.29, 0.717) is 25.2 Å². The average molecular weight is 331 g/mol. The van der Waals surface area contributed by atoms with Crippen molar-refractivity contribution in [3.05, 3.63) is 15.9 Å². The van der Waals surface area contributed by atoms with E-state index in [9.17, 15) is 0 Å². The molecule has 0 saturated heterocycles. The summed E-state index contributed by atoms with van der Waals surface area (Å²) in [5.74, 6) is 0.481. The van der Waals surface area contributed by atoms with Crippen LogP contribution < -0.4 is 0 Å². The fourth-order valence-electron chi connectivity index (χ4n) is 2.65. The molecule has 0 atom stereocenters. The largest absolute Gasteiger partial charge is 0.396 e. The standard InChI is InChI=1S/C14H23BrN2O2/c1-3-12-14(15)13(17(2)16-12)9-19-11-6-4-10(8-18)5-7-11/h10-11,18H,3-9H2,1-2H3. The van der Waals surface area contributed by atoms with Crippen molar-refractivity contribution in [1.82, 2.24) is 9.78 Å². The van der Waals surface area contributed by atoms with Gasteiger partial charge < -0.3 is 9.84 Å². The Morgan fingerprint density at radius 3 is 2.58 bits per heavy atom. The Bertz CT molecular complexity index is 412. The first kappa shape index (κ1) is 15.0. The Hall–Kier alpha value is -0.390. The lowest BCUT2D eigenvalue weighted by atomic mass is 9.88. The van der Waals surface area contributed by atoms with Crippen LogP contribution in [-0.2, 0) is 24.8 Å². The van der Waals surface area contributed by atoms with Crippen molar-refractivity contribution in [2.45, 2.75) is 51.7 Å². The van der Waals surface area contributed by atoms with Gasteiger partial charge in [-0.15, -0.1) is 0 Å². The van der Waals surface area contributed by atoms with Gasteiger partial charge in [0.1, 0.15) is 0 Å². The molecule has 1 aliphatic carbocycles. The molecule has 0 spiro atoms. The summed E-state index contributed by atoms with van der Waals surface area (Å²) in [5, 5.41) is 13.6. The molecule has 2 rings (SSSR count). The fourth-order valence-corrected chi connectivity index (χ4v) is 3.39. The van der Waals surface area contributed by atoms with Crippen LogP contribution in [0.15, 0.2) is 4.47 Å². The van der Waals surface area contributed by atoms with Crippen LogP contribution in [-0.4, -0.2) is 27.6 Å². The Balaban J connectivity index is 1.88. The molecular formula is C14H23BrN2O2.